The molecule has 0 rings (SSSR count). The predicted octanol–water partition coefficient (Wildman–Crippen LogP) is 0.853. The quantitative estimate of drug-likeness (QED) is 0.352. The number of rotatable bonds is 7. The summed E-state index contributed by atoms with van der Waals surface area (Å²) >= 11 is 0. The Morgan fingerprint density at radius 3 is 2.41 bits per heavy atom. The highest BCUT2D eigenvalue weighted by Crippen LogP contribution is 2.13. The lowest BCUT2D eigenvalue weighted by molar-refractivity contribution is -0.125. The molecule has 17 heavy (non-hydrogen) atoms. The topological polar surface area (TPSA) is 79.5 Å². The Kier molecular flexibility index (Phi) is 7.34. The Hall–Kier alpha value is -1.26. The number of hydrogen-bond acceptors (Lipinski definition) is 2. The molecule has 0 aliphatic heterocycles. The summed E-state index contributed by atoms with van der Waals surface area (Å²) in [4.78, 5) is 15.5. The van der Waals surface area contributed by atoms with Gasteiger partial charge in [-0.25, -0.2) is 0 Å². The summed E-state index contributed by atoms with van der Waals surface area (Å²) in [5.74, 6) is 0.418. The van der Waals surface area contributed by atoms with Crippen molar-refractivity contribution in [1.29, 1.82) is 0 Å². The Bertz CT molecular complexity index is 261. The Balaban J connectivity index is 4.33. The molecule has 1 amide bonds. The van der Waals surface area contributed by atoms with Crippen LogP contribution in [-0.2, 0) is 4.79 Å². The predicted molar refractivity (Wildman–Crippen MR) is 71.9 cm³/mol. The molecule has 0 aromatic carbocycles. The molecule has 0 radical (unpaired) electrons. The molecule has 5 heteroatoms. The van der Waals surface area contributed by atoms with E-state index in [1.54, 1.807) is 13.8 Å². The number of carbonyl (C=O) groups is 1. The van der Waals surface area contributed by atoms with Gasteiger partial charge < -0.3 is 16.4 Å². The number of carbonyl (C=O) groups excluding carboxylic acids is 1. The molecule has 100 valence electrons. The van der Waals surface area contributed by atoms with Crippen molar-refractivity contribution in [2.24, 2.45) is 16.1 Å². The molecule has 4 N–H and O–H groups in total. The number of nitrogens with zero attached hydrogens (tertiary/aromatic N) is 1. The molecule has 5 nitrogen and oxygen atoms in total. The molecule has 0 unspecified atom stereocenters. The van der Waals surface area contributed by atoms with Crippen LogP contribution in [0.3, 0.4) is 0 Å². The second-order valence-electron chi connectivity index (χ2n) is 4.72. The van der Waals surface area contributed by atoms with E-state index < -0.39 is 5.41 Å². The summed E-state index contributed by atoms with van der Waals surface area (Å²) in [5.41, 5.74) is 4.70. The Morgan fingerprint density at radius 1 is 1.29 bits per heavy atom. The van der Waals surface area contributed by atoms with Gasteiger partial charge in [0.25, 0.3) is 0 Å². The van der Waals surface area contributed by atoms with Gasteiger partial charge in [-0.05, 0) is 27.2 Å². The van der Waals surface area contributed by atoms with Crippen molar-refractivity contribution in [3.8, 4) is 0 Å². The number of unbranched alkanes of at least 4 members (excludes halogenated alkanes) is 1. The molecule has 0 spiro atoms. The Labute approximate surface area is 104 Å². The van der Waals surface area contributed by atoms with Crippen LogP contribution < -0.4 is 16.4 Å². The molecule has 0 aliphatic carbocycles. The van der Waals surface area contributed by atoms with E-state index in [1.807, 2.05) is 6.92 Å². The fraction of sp³-hybridized carbons (Fsp3) is 0.833. The Morgan fingerprint density at radius 2 is 1.94 bits per heavy atom. The summed E-state index contributed by atoms with van der Waals surface area (Å²) in [6.45, 7) is 9.83. The van der Waals surface area contributed by atoms with E-state index in [0.29, 0.717) is 6.54 Å². The van der Waals surface area contributed by atoms with Gasteiger partial charge in [0.2, 0.25) is 5.91 Å². The van der Waals surface area contributed by atoms with Gasteiger partial charge in [0, 0.05) is 13.1 Å². The zero-order valence-electron chi connectivity index (χ0n) is 11.5. The number of primary amides is 1. The zero-order chi connectivity index (χ0) is 13.3. The first-order valence-corrected chi connectivity index (χ1v) is 6.26. The van der Waals surface area contributed by atoms with Crippen molar-refractivity contribution in [3.05, 3.63) is 0 Å². The average Bonchev–Trinajstić information content (AvgIpc) is 2.26. The van der Waals surface area contributed by atoms with E-state index in [-0.39, 0.29) is 5.91 Å². The number of guanidine groups is 1. The number of nitrogens with two attached hydrogens (primary N) is 1. The number of hydrogen-bond donors (Lipinski definition) is 3. The van der Waals surface area contributed by atoms with Gasteiger partial charge in [-0.1, -0.05) is 13.3 Å². The molecule has 0 atom stereocenters. The van der Waals surface area contributed by atoms with E-state index in [4.69, 9.17) is 5.73 Å². The molecule has 0 aliphatic rings. The average molecular weight is 242 g/mol. The largest absolute Gasteiger partial charge is 0.369 e. The second-order valence-corrected chi connectivity index (χ2v) is 4.72. The minimum atomic E-state index is -0.604. The lowest BCUT2D eigenvalue weighted by Crippen LogP contribution is -2.40. The summed E-state index contributed by atoms with van der Waals surface area (Å²) in [5, 5.41) is 6.36. The normalized spacial score (nSPS) is 12.4. The summed E-state index contributed by atoms with van der Waals surface area (Å²) < 4.78 is 0. The maximum Gasteiger partial charge on any atom is 0.224 e. The van der Waals surface area contributed by atoms with Crippen molar-refractivity contribution in [1.82, 2.24) is 10.6 Å². The minimum Gasteiger partial charge on any atom is -0.369 e. The van der Waals surface area contributed by atoms with Crippen molar-refractivity contribution in [2.75, 3.05) is 19.6 Å². The molecule has 0 saturated carbocycles. The van der Waals surface area contributed by atoms with Crippen LogP contribution in [0.25, 0.3) is 0 Å². The molecule has 0 aromatic heterocycles. The monoisotopic (exact) mass is 242 g/mol. The van der Waals surface area contributed by atoms with Gasteiger partial charge in [-0.3, -0.25) is 9.79 Å². The van der Waals surface area contributed by atoms with Crippen molar-refractivity contribution < 1.29 is 4.79 Å². The number of aliphatic imine (C=N–C) groups is 1. The number of nitrogens with one attached hydrogen (secondary N) is 2. The van der Waals surface area contributed by atoms with Crippen LogP contribution >= 0.6 is 0 Å². The SMILES string of the molecule is CCCCNC(=NCC(C)(C)C(N)=O)NCC. The highest BCUT2D eigenvalue weighted by molar-refractivity contribution is 5.82. The maximum atomic E-state index is 11.2. The second kappa shape index (κ2) is 7.92. The van der Waals surface area contributed by atoms with Crippen molar-refractivity contribution >= 4 is 11.9 Å². The van der Waals surface area contributed by atoms with E-state index in [2.05, 4.69) is 22.5 Å². The van der Waals surface area contributed by atoms with Crippen LogP contribution in [0.2, 0.25) is 0 Å². The molecular weight excluding hydrogens is 216 g/mol. The molecule has 0 heterocycles. The summed E-state index contributed by atoms with van der Waals surface area (Å²) in [6, 6.07) is 0. The fourth-order valence-electron chi connectivity index (χ4n) is 1.08. The van der Waals surface area contributed by atoms with E-state index in [1.165, 1.54) is 0 Å². The first kappa shape index (κ1) is 15.7. The van der Waals surface area contributed by atoms with Crippen LogP contribution in [0.5, 0.6) is 0 Å². The zero-order valence-corrected chi connectivity index (χ0v) is 11.5. The standard InChI is InChI=1S/C12H26N4O/c1-5-7-8-15-11(14-6-2)16-9-12(3,4)10(13)17/h5-9H2,1-4H3,(H2,13,17)(H2,14,15,16). The van der Waals surface area contributed by atoms with Gasteiger partial charge in [-0.15, -0.1) is 0 Å². The van der Waals surface area contributed by atoms with E-state index >= 15 is 0 Å². The highest BCUT2D eigenvalue weighted by Gasteiger charge is 2.24. The van der Waals surface area contributed by atoms with Crippen LogP contribution in [-0.4, -0.2) is 31.5 Å². The van der Waals surface area contributed by atoms with E-state index in [0.717, 1.165) is 31.9 Å². The lowest BCUT2D eigenvalue weighted by Gasteiger charge is -2.19. The van der Waals surface area contributed by atoms with Gasteiger partial charge in [0.1, 0.15) is 0 Å². The molecule has 0 aromatic rings. The third-order valence-corrected chi connectivity index (χ3v) is 2.47. The smallest absolute Gasteiger partial charge is 0.224 e. The van der Waals surface area contributed by atoms with Crippen molar-refractivity contribution in [2.45, 2.75) is 40.5 Å². The van der Waals surface area contributed by atoms with Crippen LogP contribution in [0.15, 0.2) is 4.99 Å². The van der Waals surface area contributed by atoms with Crippen LogP contribution in [0.4, 0.5) is 0 Å². The van der Waals surface area contributed by atoms with Gasteiger partial charge >= 0.3 is 0 Å². The minimum absolute atomic E-state index is 0.328. The first-order valence-electron chi connectivity index (χ1n) is 6.26. The molecule has 0 fully saturated rings. The maximum absolute atomic E-state index is 11.2. The van der Waals surface area contributed by atoms with Crippen LogP contribution in [0, 0.1) is 5.41 Å². The van der Waals surface area contributed by atoms with Crippen LogP contribution in [0.1, 0.15) is 40.5 Å². The van der Waals surface area contributed by atoms with Gasteiger partial charge in [0.05, 0.1) is 12.0 Å². The third kappa shape index (κ3) is 6.81. The van der Waals surface area contributed by atoms with E-state index in [9.17, 15) is 4.79 Å². The highest BCUT2D eigenvalue weighted by atomic mass is 16.1. The van der Waals surface area contributed by atoms with Gasteiger partial charge in [0.15, 0.2) is 5.96 Å². The fourth-order valence-corrected chi connectivity index (χ4v) is 1.08. The number of amides is 1. The summed E-state index contributed by atoms with van der Waals surface area (Å²) in [7, 11) is 0. The third-order valence-electron chi connectivity index (χ3n) is 2.47. The van der Waals surface area contributed by atoms with Gasteiger partial charge in [-0.2, -0.15) is 0 Å². The first-order chi connectivity index (χ1) is 7.94. The summed E-state index contributed by atoms with van der Waals surface area (Å²) in [6.07, 6.45) is 2.24. The molecular formula is C12H26N4O. The molecule has 0 bridgehead atoms. The molecule has 0 saturated heterocycles. The lowest BCUT2D eigenvalue weighted by atomic mass is 9.93. The van der Waals surface area contributed by atoms with Crippen molar-refractivity contribution in [3.63, 3.8) is 0 Å².